The Morgan fingerprint density at radius 2 is 2.08 bits per heavy atom. The van der Waals surface area contributed by atoms with Gasteiger partial charge in [-0.2, -0.15) is 0 Å². The molecule has 0 atom stereocenters. The number of amides is 1. The molecule has 1 N–H and O–H groups in total. The lowest BCUT2D eigenvalue weighted by molar-refractivity contribution is -0.116. The molecule has 0 unspecified atom stereocenters. The number of hydrogen-bond donors (Lipinski definition) is 1. The molecule has 0 aliphatic heterocycles. The van der Waals surface area contributed by atoms with Gasteiger partial charge >= 0.3 is 0 Å². The number of fused-ring (bicyclic) bond motifs is 1. The average Bonchev–Trinajstić information content (AvgIpc) is 2.84. The summed E-state index contributed by atoms with van der Waals surface area (Å²) in [6.45, 7) is 6.08. The molecule has 0 spiro atoms. The Bertz CT molecular complexity index is 974. The van der Waals surface area contributed by atoms with E-state index >= 15 is 0 Å². The minimum Gasteiger partial charge on any atom is -0.310 e. The van der Waals surface area contributed by atoms with Gasteiger partial charge < -0.3 is 5.32 Å². The first-order chi connectivity index (χ1) is 11.5. The molecule has 0 bridgehead atoms. The fourth-order valence-electron chi connectivity index (χ4n) is 2.46. The third-order valence-electron chi connectivity index (χ3n) is 4.00. The Morgan fingerprint density at radius 1 is 1.29 bits per heavy atom. The molecule has 0 fully saturated rings. The molecule has 24 heavy (non-hydrogen) atoms. The predicted octanol–water partition coefficient (Wildman–Crippen LogP) is 2.81. The van der Waals surface area contributed by atoms with Gasteiger partial charge in [0.2, 0.25) is 5.91 Å². The van der Waals surface area contributed by atoms with Gasteiger partial charge in [-0.05, 0) is 38.0 Å². The van der Waals surface area contributed by atoms with E-state index in [0.717, 1.165) is 20.8 Å². The second-order valence-corrected chi connectivity index (χ2v) is 6.88. The van der Waals surface area contributed by atoms with Crippen molar-refractivity contribution in [3.63, 3.8) is 0 Å². The average molecular weight is 342 g/mol. The van der Waals surface area contributed by atoms with E-state index in [1.165, 1.54) is 22.2 Å². The van der Waals surface area contributed by atoms with Gasteiger partial charge in [0.1, 0.15) is 10.6 Å². The number of rotatable bonds is 4. The number of hydrogen-bond acceptors (Lipinski definition) is 5. The van der Waals surface area contributed by atoms with Gasteiger partial charge in [-0.3, -0.25) is 14.2 Å². The van der Waals surface area contributed by atoms with Crippen LogP contribution in [0, 0.1) is 20.8 Å². The van der Waals surface area contributed by atoms with E-state index in [2.05, 4.69) is 15.3 Å². The zero-order valence-corrected chi connectivity index (χ0v) is 14.6. The SMILES string of the molecule is Cc1cccnc1NC(=O)CCn1cnc2sc(C)c(C)c2c1=O. The Balaban J connectivity index is 1.75. The normalized spacial score (nSPS) is 11.0. The van der Waals surface area contributed by atoms with E-state index < -0.39 is 0 Å². The second-order valence-electron chi connectivity index (χ2n) is 5.67. The lowest BCUT2D eigenvalue weighted by Crippen LogP contribution is -2.24. The largest absolute Gasteiger partial charge is 0.310 e. The van der Waals surface area contributed by atoms with Crippen LogP contribution in [0.25, 0.3) is 10.2 Å². The molecule has 3 aromatic heterocycles. The van der Waals surface area contributed by atoms with Gasteiger partial charge in [-0.1, -0.05) is 6.07 Å². The van der Waals surface area contributed by atoms with Gasteiger partial charge in [0.05, 0.1) is 11.7 Å². The van der Waals surface area contributed by atoms with Crippen molar-refractivity contribution in [2.45, 2.75) is 33.7 Å². The molecule has 3 heterocycles. The Labute approximate surface area is 143 Å². The highest BCUT2D eigenvalue weighted by atomic mass is 32.1. The summed E-state index contributed by atoms with van der Waals surface area (Å²) in [4.78, 5) is 35.0. The first-order valence-electron chi connectivity index (χ1n) is 7.64. The van der Waals surface area contributed by atoms with Crippen molar-refractivity contribution in [3.8, 4) is 0 Å². The number of aryl methyl sites for hydroxylation is 4. The number of anilines is 1. The minimum atomic E-state index is -0.179. The summed E-state index contributed by atoms with van der Waals surface area (Å²) in [6.07, 6.45) is 3.33. The molecule has 7 heteroatoms. The Morgan fingerprint density at radius 3 is 2.83 bits per heavy atom. The maximum atomic E-state index is 12.6. The molecular weight excluding hydrogens is 324 g/mol. The summed E-state index contributed by atoms with van der Waals surface area (Å²) < 4.78 is 1.49. The van der Waals surface area contributed by atoms with Crippen LogP contribution < -0.4 is 10.9 Å². The minimum absolute atomic E-state index is 0.0938. The van der Waals surface area contributed by atoms with Crippen LogP contribution >= 0.6 is 11.3 Å². The van der Waals surface area contributed by atoms with Crippen molar-refractivity contribution in [1.82, 2.24) is 14.5 Å². The summed E-state index contributed by atoms with van der Waals surface area (Å²) in [7, 11) is 0. The monoisotopic (exact) mass is 342 g/mol. The quantitative estimate of drug-likeness (QED) is 0.791. The van der Waals surface area contributed by atoms with E-state index in [-0.39, 0.29) is 24.4 Å². The van der Waals surface area contributed by atoms with E-state index in [1.807, 2.05) is 32.9 Å². The van der Waals surface area contributed by atoms with Crippen LogP contribution in [0.4, 0.5) is 5.82 Å². The van der Waals surface area contributed by atoms with Gasteiger partial charge in [-0.15, -0.1) is 11.3 Å². The van der Waals surface area contributed by atoms with Crippen molar-refractivity contribution >= 4 is 33.3 Å². The number of nitrogens with one attached hydrogen (secondary N) is 1. The molecule has 0 aliphatic carbocycles. The van der Waals surface area contributed by atoms with E-state index in [9.17, 15) is 9.59 Å². The fourth-order valence-corrected chi connectivity index (χ4v) is 3.45. The van der Waals surface area contributed by atoms with Crippen LogP contribution in [0.5, 0.6) is 0 Å². The van der Waals surface area contributed by atoms with E-state index in [0.29, 0.717) is 11.2 Å². The lowest BCUT2D eigenvalue weighted by Gasteiger charge is -2.08. The molecule has 124 valence electrons. The molecule has 0 radical (unpaired) electrons. The van der Waals surface area contributed by atoms with Crippen molar-refractivity contribution in [3.05, 3.63) is 51.0 Å². The highest BCUT2D eigenvalue weighted by Crippen LogP contribution is 2.25. The van der Waals surface area contributed by atoms with Crippen LogP contribution in [0.2, 0.25) is 0 Å². The zero-order chi connectivity index (χ0) is 17.3. The predicted molar refractivity (Wildman–Crippen MR) is 95.6 cm³/mol. The van der Waals surface area contributed by atoms with Crippen molar-refractivity contribution in [1.29, 1.82) is 0 Å². The molecule has 3 rings (SSSR count). The fraction of sp³-hybridized carbons (Fsp3) is 0.294. The zero-order valence-electron chi connectivity index (χ0n) is 13.8. The molecule has 1 amide bonds. The summed E-state index contributed by atoms with van der Waals surface area (Å²) in [5.41, 5.74) is 1.77. The number of pyridine rings is 1. The number of carbonyl (C=O) groups is 1. The van der Waals surface area contributed by atoms with Crippen molar-refractivity contribution in [2.75, 3.05) is 5.32 Å². The first kappa shape index (κ1) is 16.3. The van der Waals surface area contributed by atoms with Gasteiger partial charge in [0.25, 0.3) is 5.56 Å². The highest BCUT2D eigenvalue weighted by Gasteiger charge is 2.13. The third kappa shape index (κ3) is 3.07. The van der Waals surface area contributed by atoms with Crippen molar-refractivity contribution in [2.24, 2.45) is 0 Å². The van der Waals surface area contributed by atoms with Gasteiger partial charge in [0.15, 0.2) is 0 Å². The highest BCUT2D eigenvalue weighted by molar-refractivity contribution is 7.18. The van der Waals surface area contributed by atoms with Gasteiger partial charge in [-0.25, -0.2) is 9.97 Å². The van der Waals surface area contributed by atoms with Crippen LogP contribution in [-0.2, 0) is 11.3 Å². The van der Waals surface area contributed by atoms with Gasteiger partial charge in [0, 0.05) is 24.0 Å². The second kappa shape index (κ2) is 6.52. The van der Waals surface area contributed by atoms with Crippen LogP contribution in [0.15, 0.2) is 29.5 Å². The number of nitrogens with zero attached hydrogens (tertiary/aromatic N) is 3. The van der Waals surface area contributed by atoms with E-state index in [1.54, 1.807) is 6.20 Å². The molecule has 0 aliphatic rings. The maximum absolute atomic E-state index is 12.6. The summed E-state index contributed by atoms with van der Waals surface area (Å²) >= 11 is 1.52. The Kier molecular flexibility index (Phi) is 4.44. The van der Waals surface area contributed by atoms with Crippen LogP contribution in [-0.4, -0.2) is 20.4 Å². The number of thiophene rings is 1. The Hall–Kier alpha value is -2.54. The standard InChI is InChI=1S/C17H18N4O2S/c1-10-5-4-7-18-15(10)20-13(22)6-8-21-9-19-16-14(17(21)23)11(2)12(3)24-16/h4-5,7,9H,6,8H2,1-3H3,(H,18,20,22). The summed E-state index contributed by atoms with van der Waals surface area (Å²) in [5.74, 6) is 0.370. The topological polar surface area (TPSA) is 76.9 Å². The number of carbonyl (C=O) groups excluding carboxylic acids is 1. The van der Waals surface area contributed by atoms with E-state index in [4.69, 9.17) is 0 Å². The maximum Gasteiger partial charge on any atom is 0.262 e. The molecule has 0 aromatic carbocycles. The first-order valence-corrected chi connectivity index (χ1v) is 8.45. The summed E-state index contributed by atoms with van der Waals surface area (Å²) in [6, 6.07) is 3.70. The molecule has 0 saturated carbocycles. The number of aromatic nitrogens is 3. The van der Waals surface area contributed by atoms with Crippen LogP contribution in [0.1, 0.15) is 22.4 Å². The molecule has 0 saturated heterocycles. The molecular formula is C17H18N4O2S. The lowest BCUT2D eigenvalue weighted by atomic mass is 10.2. The van der Waals surface area contributed by atoms with Crippen molar-refractivity contribution < 1.29 is 4.79 Å². The third-order valence-corrected chi connectivity index (χ3v) is 5.12. The van der Waals surface area contributed by atoms with Crippen LogP contribution in [0.3, 0.4) is 0 Å². The summed E-state index contributed by atoms with van der Waals surface area (Å²) in [5, 5.41) is 3.42. The molecule has 3 aromatic rings. The smallest absolute Gasteiger partial charge is 0.262 e. The molecule has 6 nitrogen and oxygen atoms in total.